The molecule has 4 aromatic rings. The molecule has 26 heavy (non-hydrogen) atoms. The Bertz CT molecular complexity index is 1000. The molecule has 0 aliphatic heterocycles. The van der Waals surface area contributed by atoms with E-state index in [9.17, 15) is 4.79 Å². The van der Waals surface area contributed by atoms with Gasteiger partial charge in [0, 0.05) is 31.4 Å². The van der Waals surface area contributed by atoms with E-state index in [0.29, 0.717) is 18.0 Å². The van der Waals surface area contributed by atoms with E-state index in [1.165, 1.54) is 11.3 Å². The number of rotatable bonds is 5. The van der Waals surface area contributed by atoms with Crippen LogP contribution < -0.4 is 0 Å². The normalized spacial score (nSPS) is 11.2. The van der Waals surface area contributed by atoms with Crippen molar-refractivity contribution in [2.75, 3.05) is 0 Å². The fraction of sp³-hybridized carbons (Fsp3) is 0.211. The molecule has 0 atom stereocenters. The van der Waals surface area contributed by atoms with Crippen molar-refractivity contribution in [3.63, 3.8) is 0 Å². The molecule has 0 saturated heterocycles. The summed E-state index contributed by atoms with van der Waals surface area (Å²) in [6.07, 6.45) is 5.13. The van der Waals surface area contributed by atoms with Gasteiger partial charge in [0.05, 0.1) is 23.4 Å². The standard InChI is InChI=1S/C19H18N4O2S/c1-13-16-9-17(26-19(16)22(2)21-13)18(24)23(12-15-6-4-8-25-15)11-14-5-3-7-20-10-14/h3-10H,11-12H2,1-2H3. The van der Waals surface area contributed by atoms with Crippen LogP contribution in [-0.4, -0.2) is 25.6 Å². The second kappa shape index (κ2) is 6.76. The molecule has 0 radical (unpaired) electrons. The Morgan fingerprint density at radius 3 is 2.88 bits per heavy atom. The second-order valence-electron chi connectivity index (χ2n) is 6.14. The molecule has 4 rings (SSSR count). The van der Waals surface area contributed by atoms with Crippen LogP contribution in [0.25, 0.3) is 10.2 Å². The third-order valence-electron chi connectivity index (χ3n) is 4.22. The SMILES string of the molecule is Cc1nn(C)c2sc(C(=O)N(Cc3cccnc3)Cc3ccco3)cc12. The monoisotopic (exact) mass is 366 g/mol. The summed E-state index contributed by atoms with van der Waals surface area (Å²) in [6, 6.07) is 9.48. The number of thiophene rings is 1. The van der Waals surface area contributed by atoms with Crippen LogP contribution in [0.3, 0.4) is 0 Å². The van der Waals surface area contributed by atoms with Gasteiger partial charge in [0.15, 0.2) is 0 Å². The van der Waals surface area contributed by atoms with Crippen molar-refractivity contribution < 1.29 is 9.21 Å². The predicted octanol–water partition coefficient (Wildman–Crippen LogP) is 3.77. The summed E-state index contributed by atoms with van der Waals surface area (Å²) in [5, 5.41) is 5.43. The number of amides is 1. The van der Waals surface area contributed by atoms with Crippen molar-refractivity contribution in [1.82, 2.24) is 19.7 Å². The van der Waals surface area contributed by atoms with Gasteiger partial charge in [-0.2, -0.15) is 5.10 Å². The van der Waals surface area contributed by atoms with E-state index >= 15 is 0 Å². The Morgan fingerprint density at radius 2 is 2.19 bits per heavy atom. The van der Waals surface area contributed by atoms with E-state index < -0.39 is 0 Å². The molecule has 0 fully saturated rings. The molecule has 7 heteroatoms. The molecular weight excluding hydrogens is 348 g/mol. The minimum absolute atomic E-state index is 0.0224. The number of fused-ring (bicyclic) bond motifs is 1. The Morgan fingerprint density at radius 1 is 1.31 bits per heavy atom. The van der Waals surface area contributed by atoms with Crippen LogP contribution in [-0.2, 0) is 20.1 Å². The van der Waals surface area contributed by atoms with Crippen LogP contribution in [0.2, 0.25) is 0 Å². The predicted molar refractivity (Wildman–Crippen MR) is 99.9 cm³/mol. The smallest absolute Gasteiger partial charge is 0.264 e. The van der Waals surface area contributed by atoms with Crippen molar-refractivity contribution in [2.45, 2.75) is 20.0 Å². The third-order valence-corrected chi connectivity index (χ3v) is 5.41. The zero-order valence-electron chi connectivity index (χ0n) is 14.5. The van der Waals surface area contributed by atoms with E-state index in [1.54, 1.807) is 23.6 Å². The highest BCUT2D eigenvalue weighted by atomic mass is 32.1. The number of pyridine rings is 1. The summed E-state index contributed by atoms with van der Waals surface area (Å²) in [4.78, 5) is 20.8. The van der Waals surface area contributed by atoms with Gasteiger partial charge in [-0.05, 0) is 36.8 Å². The quantitative estimate of drug-likeness (QED) is 0.539. The molecule has 1 amide bonds. The minimum Gasteiger partial charge on any atom is -0.467 e. The molecule has 0 aromatic carbocycles. The molecule has 0 spiro atoms. The Labute approximate surface area is 154 Å². The van der Waals surface area contributed by atoms with Gasteiger partial charge in [-0.25, -0.2) is 0 Å². The fourth-order valence-electron chi connectivity index (χ4n) is 2.97. The van der Waals surface area contributed by atoms with Crippen molar-refractivity contribution >= 4 is 27.5 Å². The Kier molecular flexibility index (Phi) is 4.30. The minimum atomic E-state index is -0.0224. The molecule has 6 nitrogen and oxygen atoms in total. The van der Waals surface area contributed by atoms with Crippen molar-refractivity contribution in [2.24, 2.45) is 7.05 Å². The summed E-state index contributed by atoms with van der Waals surface area (Å²) in [5.41, 5.74) is 1.91. The lowest BCUT2D eigenvalue weighted by Crippen LogP contribution is -2.29. The number of hydrogen-bond donors (Lipinski definition) is 0. The number of furan rings is 1. The van der Waals surface area contributed by atoms with Crippen molar-refractivity contribution in [3.8, 4) is 0 Å². The van der Waals surface area contributed by atoms with Gasteiger partial charge in [-0.3, -0.25) is 14.5 Å². The molecule has 0 saturated carbocycles. The lowest BCUT2D eigenvalue weighted by atomic mass is 10.2. The van der Waals surface area contributed by atoms with Crippen molar-refractivity contribution in [3.05, 3.63) is 70.9 Å². The largest absolute Gasteiger partial charge is 0.467 e. The number of aryl methyl sites for hydroxylation is 2. The molecule has 0 N–H and O–H groups in total. The summed E-state index contributed by atoms with van der Waals surface area (Å²) < 4.78 is 7.27. The van der Waals surface area contributed by atoms with E-state index in [4.69, 9.17) is 4.42 Å². The molecule has 0 aliphatic carbocycles. The highest BCUT2D eigenvalue weighted by Crippen LogP contribution is 2.29. The summed E-state index contributed by atoms with van der Waals surface area (Å²) >= 11 is 1.47. The zero-order chi connectivity index (χ0) is 18.1. The average Bonchev–Trinajstić information content (AvgIpc) is 3.35. The van der Waals surface area contributed by atoms with Crippen LogP contribution >= 0.6 is 11.3 Å². The van der Waals surface area contributed by atoms with E-state index in [-0.39, 0.29) is 5.91 Å². The van der Waals surface area contributed by atoms with Gasteiger partial charge in [0.25, 0.3) is 5.91 Å². The number of nitrogens with zero attached hydrogens (tertiary/aromatic N) is 4. The highest BCUT2D eigenvalue weighted by molar-refractivity contribution is 7.20. The first-order chi connectivity index (χ1) is 12.6. The zero-order valence-corrected chi connectivity index (χ0v) is 15.4. The van der Waals surface area contributed by atoms with E-state index in [0.717, 1.165) is 27.2 Å². The number of aromatic nitrogens is 3. The van der Waals surface area contributed by atoms with Gasteiger partial charge in [0.2, 0.25) is 0 Å². The number of carbonyl (C=O) groups excluding carboxylic acids is 1. The third kappa shape index (κ3) is 3.13. The van der Waals surface area contributed by atoms with E-state index in [1.807, 2.05) is 49.0 Å². The summed E-state index contributed by atoms with van der Waals surface area (Å²) in [6.45, 7) is 2.84. The topological polar surface area (TPSA) is 64.2 Å². The lowest BCUT2D eigenvalue weighted by molar-refractivity contribution is 0.0722. The Hall–Kier alpha value is -2.93. The van der Waals surface area contributed by atoms with Crippen LogP contribution in [0.15, 0.2) is 53.4 Å². The first-order valence-corrected chi connectivity index (χ1v) is 9.07. The molecule has 0 aliphatic rings. The van der Waals surface area contributed by atoms with Gasteiger partial charge >= 0.3 is 0 Å². The lowest BCUT2D eigenvalue weighted by Gasteiger charge is -2.21. The fourth-order valence-corrected chi connectivity index (χ4v) is 4.06. The maximum atomic E-state index is 13.2. The van der Waals surface area contributed by atoms with Crippen molar-refractivity contribution in [1.29, 1.82) is 0 Å². The maximum absolute atomic E-state index is 13.2. The van der Waals surface area contributed by atoms with Crippen LogP contribution in [0.5, 0.6) is 0 Å². The number of carbonyl (C=O) groups is 1. The Balaban J connectivity index is 1.66. The van der Waals surface area contributed by atoms with E-state index in [2.05, 4.69) is 10.1 Å². The molecule has 4 aromatic heterocycles. The van der Waals surface area contributed by atoms with Gasteiger partial charge in [0.1, 0.15) is 10.6 Å². The van der Waals surface area contributed by atoms with Crippen LogP contribution in [0, 0.1) is 6.92 Å². The molecule has 132 valence electrons. The first kappa shape index (κ1) is 16.5. The van der Waals surface area contributed by atoms with Gasteiger partial charge < -0.3 is 9.32 Å². The second-order valence-corrected chi connectivity index (χ2v) is 7.17. The average molecular weight is 366 g/mol. The van der Waals surface area contributed by atoms with Gasteiger partial charge in [-0.1, -0.05) is 6.07 Å². The van der Waals surface area contributed by atoms with Crippen LogP contribution in [0.4, 0.5) is 0 Å². The van der Waals surface area contributed by atoms with Crippen LogP contribution in [0.1, 0.15) is 26.7 Å². The summed E-state index contributed by atoms with van der Waals surface area (Å²) in [7, 11) is 1.90. The van der Waals surface area contributed by atoms with Gasteiger partial charge in [-0.15, -0.1) is 11.3 Å². The molecule has 4 heterocycles. The highest BCUT2D eigenvalue weighted by Gasteiger charge is 2.22. The molecule has 0 unspecified atom stereocenters. The maximum Gasteiger partial charge on any atom is 0.264 e. The number of hydrogen-bond acceptors (Lipinski definition) is 5. The molecule has 0 bridgehead atoms. The first-order valence-electron chi connectivity index (χ1n) is 8.25. The summed E-state index contributed by atoms with van der Waals surface area (Å²) in [5.74, 6) is 0.729. The molecular formula is C19H18N4O2S.